The number of amides is 1. The molecule has 0 bridgehead atoms. The molecule has 114 valence electrons. The number of anilines is 1. The topological polar surface area (TPSA) is 79.3 Å². The molecule has 0 aliphatic rings. The van der Waals surface area contributed by atoms with Crippen LogP contribution in [0, 0.1) is 6.92 Å². The van der Waals surface area contributed by atoms with Crippen LogP contribution in [0.25, 0.3) is 0 Å². The largest absolute Gasteiger partial charge is 0.478 e. The van der Waals surface area contributed by atoms with Gasteiger partial charge in [-0.25, -0.2) is 9.78 Å². The van der Waals surface area contributed by atoms with Crippen molar-refractivity contribution in [2.75, 3.05) is 5.32 Å². The summed E-state index contributed by atoms with van der Waals surface area (Å²) in [6.45, 7) is 5.79. The number of hydrogen-bond donors (Lipinski definition) is 2. The van der Waals surface area contributed by atoms with E-state index < -0.39 is 11.9 Å². The Kier molecular flexibility index (Phi) is 4.56. The van der Waals surface area contributed by atoms with Crippen LogP contribution in [0.3, 0.4) is 0 Å². The Bertz CT molecular complexity index is 724. The Labute approximate surface area is 129 Å². The van der Waals surface area contributed by atoms with Crippen LogP contribution in [0.2, 0.25) is 0 Å². The monoisotopic (exact) mass is 298 g/mol. The van der Waals surface area contributed by atoms with Crippen LogP contribution in [-0.2, 0) is 0 Å². The molecule has 1 aromatic carbocycles. The first-order chi connectivity index (χ1) is 10.4. The Morgan fingerprint density at radius 2 is 1.86 bits per heavy atom. The van der Waals surface area contributed by atoms with Gasteiger partial charge in [-0.15, -0.1) is 0 Å². The molecule has 0 spiro atoms. The van der Waals surface area contributed by atoms with Gasteiger partial charge >= 0.3 is 5.97 Å². The van der Waals surface area contributed by atoms with Gasteiger partial charge in [0.1, 0.15) is 5.82 Å². The van der Waals surface area contributed by atoms with Gasteiger partial charge in [0.25, 0.3) is 5.91 Å². The quantitative estimate of drug-likeness (QED) is 0.906. The van der Waals surface area contributed by atoms with Crippen LogP contribution >= 0.6 is 0 Å². The van der Waals surface area contributed by atoms with Crippen LogP contribution in [0.4, 0.5) is 5.82 Å². The van der Waals surface area contributed by atoms with Crippen molar-refractivity contribution < 1.29 is 14.7 Å². The summed E-state index contributed by atoms with van der Waals surface area (Å²) >= 11 is 0. The van der Waals surface area contributed by atoms with Gasteiger partial charge in [-0.3, -0.25) is 4.79 Å². The molecule has 2 rings (SSSR count). The first-order valence-electron chi connectivity index (χ1n) is 7.00. The predicted octanol–water partition coefficient (Wildman–Crippen LogP) is 3.46. The average Bonchev–Trinajstić information content (AvgIpc) is 2.46. The summed E-state index contributed by atoms with van der Waals surface area (Å²) in [6.07, 6.45) is 0. The number of rotatable bonds is 4. The molecule has 0 atom stereocenters. The molecule has 0 aliphatic carbocycles. The molecule has 5 nitrogen and oxygen atoms in total. The fourth-order valence-electron chi connectivity index (χ4n) is 2.09. The lowest BCUT2D eigenvalue weighted by Gasteiger charge is -2.11. The summed E-state index contributed by atoms with van der Waals surface area (Å²) in [5.41, 5.74) is 1.80. The van der Waals surface area contributed by atoms with Crippen LogP contribution < -0.4 is 5.32 Å². The lowest BCUT2D eigenvalue weighted by Crippen LogP contribution is -2.17. The standard InChI is InChI=1S/C17H18N2O3/c1-10(2)12-7-8-13(17(21)22)14(9-12)16(20)19-15-6-4-5-11(3)18-15/h4-10H,1-3H3,(H,21,22)(H,18,19,20). The van der Waals surface area contributed by atoms with Gasteiger partial charge < -0.3 is 10.4 Å². The number of nitrogens with zero attached hydrogens (tertiary/aromatic N) is 1. The van der Waals surface area contributed by atoms with Crippen molar-refractivity contribution in [2.24, 2.45) is 0 Å². The summed E-state index contributed by atoms with van der Waals surface area (Å²) in [6, 6.07) is 10.1. The van der Waals surface area contributed by atoms with Gasteiger partial charge in [0.2, 0.25) is 0 Å². The molecule has 22 heavy (non-hydrogen) atoms. The molecule has 1 amide bonds. The van der Waals surface area contributed by atoms with E-state index in [0.29, 0.717) is 5.82 Å². The summed E-state index contributed by atoms with van der Waals surface area (Å²) in [4.78, 5) is 27.9. The molecular formula is C17H18N2O3. The maximum Gasteiger partial charge on any atom is 0.336 e. The first kappa shape index (κ1) is 15.7. The van der Waals surface area contributed by atoms with E-state index in [2.05, 4.69) is 10.3 Å². The lowest BCUT2D eigenvalue weighted by molar-refractivity contribution is 0.0692. The second-order valence-corrected chi connectivity index (χ2v) is 5.38. The number of pyridine rings is 1. The molecular weight excluding hydrogens is 280 g/mol. The number of carbonyl (C=O) groups is 2. The fraction of sp³-hybridized carbons (Fsp3) is 0.235. The Morgan fingerprint density at radius 1 is 1.14 bits per heavy atom. The number of benzene rings is 1. The third-order valence-electron chi connectivity index (χ3n) is 3.32. The second kappa shape index (κ2) is 6.39. The van der Waals surface area contributed by atoms with Crippen LogP contribution in [0.5, 0.6) is 0 Å². The minimum atomic E-state index is -1.13. The normalized spacial score (nSPS) is 10.5. The van der Waals surface area contributed by atoms with E-state index in [0.717, 1.165) is 11.3 Å². The minimum absolute atomic E-state index is 0.0189. The lowest BCUT2D eigenvalue weighted by atomic mass is 9.97. The smallest absolute Gasteiger partial charge is 0.336 e. The number of aromatic carboxylic acids is 1. The number of carboxylic acid groups (broad SMARTS) is 1. The number of carbonyl (C=O) groups excluding carboxylic acids is 1. The Hall–Kier alpha value is -2.69. The molecule has 0 unspecified atom stereocenters. The highest BCUT2D eigenvalue weighted by atomic mass is 16.4. The Morgan fingerprint density at radius 3 is 2.45 bits per heavy atom. The van der Waals surface area contributed by atoms with E-state index in [9.17, 15) is 14.7 Å². The minimum Gasteiger partial charge on any atom is -0.478 e. The zero-order valence-electron chi connectivity index (χ0n) is 12.8. The molecule has 0 fully saturated rings. The zero-order valence-corrected chi connectivity index (χ0v) is 12.8. The van der Waals surface area contributed by atoms with E-state index in [-0.39, 0.29) is 17.0 Å². The first-order valence-corrected chi connectivity index (χ1v) is 7.00. The van der Waals surface area contributed by atoms with E-state index in [4.69, 9.17) is 0 Å². The fourth-order valence-corrected chi connectivity index (χ4v) is 2.09. The van der Waals surface area contributed by atoms with Crippen molar-refractivity contribution in [3.05, 3.63) is 58.8 Å². The third-order valence-corrected chi connectivity index (χ3v) is 3.32. The van der Waals surface area contributed by atoms with Crippen LogP contribution in [0.15, 0.2) is 36.4 Å². The number of hydrogen-bond acceptors (Lipinski definition) is 3. The molecule has 0 radical (unpaired) electrons. The van der Waals surface area contributed by atoms with Crippen molar-refractivity contribution >= 4 is 17.7 Å². The van der Waals surface area contributed by atoms with Gasteiger partial charge in [0, 0.05) is 5.69 Å². The van der Waals surface area contributed by atoms with Crippen molar-refractivity contribution in [3.63, 3.8) is 0 Å². The van der Waals surface area contributed by atoms with Gasteiger partial charge in [-0.2, -0.15) is 0 Å². The highest BCUT2D eigenvalue weighted by Gasteiger charge is 2.18. The molecule has 0 saturated heterocycles. The average molecular weight is 298 g/mol. The Balaban J connectivity index is 2.38. The summed E-state index contributed by atoms with van der Waals surface area (Å²) in [5, 5.41) is 11.9. The maximum atomic E-state index is 12.4. The van der Waals surface area contributed by atoms with Crippen molar-refractivity contribution in [1.29, 1.82) is 0 Å². The van der Waals surface area contributed by atoms with Crippen molar-refractivity contribution in [2.45, 2.75) is 26.7 Å². The molecule has 2 N–H and O–H groups in total. The summed E-state index contributed by atoms with van der Waals surface area (Å²) in [7, 11) is 0. The molecule has 0 saturated carbocycles. The van der Waals surface area contributed by atoms with E-state index in [1.807, 2.05) is 26.8 Å². The van der Waals surface area contributed by atoms with Gasteiger partial charge in [0.05, 0.1) is 11.1 Å². The number of aryl methyl sites for hydroxylation is 1. The number of nitrogens with one attached hydrogen (secondary N) is 1. The van der Waals surface area contributed by atoms with Gasteiger partial charge in [-0.05, 0) is 42.7 Å². The van der Waals surface area contributed by atoms with Crippen LogP contribution in [-0.4, -0.2) is 22.0 Å². The van der Waals surface area contributed by atoms with Gasteiger partial charge in [-0.1, -0.05) is 26.0 Å². The number of aromatic nitrogens is 1. The zero-order chi connectivity index (χ0) is 16.3. The van der Waals surface area contributed by atoms with Gasteiger partial charge in [0.15, 0.2) is 0 Å². The second-order valence-electron chi connectivity index (χ2n) is 5.38. The predicted molar refractivity (Wildman–Crippen MR) is 84.4 cm³/mol. The van der Waals surface area contributed by atoms with E-state index in [1.165, 1.54) is 6.07 Å². The highest BCUT2D eigenvalue weighted by Crippen LogP contribution is 2.20. The highest BCUT2D eigenvalue weighted by molar-refractivity contribution is 6.10. The van der Waals surface area contributed by atoms with Crippen molar-refractivity contribution in [3.8, 4) is 0 Å². The molecule has 2 aromatic rings. The van der Waals surface area contributed by atoms with Crippen molar-refractivity contribution in [1.82, 2.24) is 4.98 Å². The molecule has 1 aromatic heterocycles. The molecule has 0 aliphatic heterocycles. The number of carboxylic acids is 1. The third kappa shape index (κ3) is 3.49. The maximum absolute atomic E-state index is 12.4. The van der Waals surface area contributed by atoms with E-state index >= 15 is 0 Å². The summed E-state index contributed by atoms with van der Waals surface area (Å²) < 4.78 is 0. The summed E-state index contributed by atoms with van der Waals surface area (Å²) in [5.74, 6) is -1.00. The SMILES string of the molecule is Cc1cccc(NC(=O)c2cc(C(C)C)ccc2C(=O)O)n1. The van der Waals surface area contributed by atoms with E-state index in [1.54, 1.807) is 24.3 Å². The molecule has 1 heterocycles. The van der Waals surface area contributed by atoms with Crippen LogP contribution in [0.1, 0.15) is 51.7 Å². The molecule has 5 heteroatoms.